The maximum absolute atomic E-state index is 5.60. The van der Waals surface area contributed by atoms with Gasteiger partial charge in [0.05, 0.1) is 0 Å². The van der Waals surface area contributed by atoms with Crippen molar-refractivity contribution in [2.75, 3.05) is 26.8 Å². The molecule has 0 aromatic rings. The molecule has 0 radical (unpaired) electrons. The van der Waals surface area contributed by atoms with E-state index >= 15 is 0 Å². The van der Waals surface area contributed by atoms with Crippen molar-refractivity contribution in [1.29, 1.82) is 0 Å². The van der Waals surface area contributed by atoms with Crippen LogP contribution in [0.15, 0.2) is 0 Å². The van der Waals surface area contributed by atoms with Gasteiger partial charge in [-0.15, -0.1) is 0 Å². The van der Waals surface area contributed by atoms with E-state index in [-0.39, 0.29) is 0 Å². The smallest absolute Gasteiger partial charge is 0.0466 e. The van der Waals surface area contributed by atoms with E-state index in [1.807, 2.05) is 7.05 Å². The predicted molar refractivity (Wildman–Crippen MR) is 72.0 cm³/mol. The molecule has 0 rings (SSSR count). The lowest BCUT2D eigenvalue weighted by Crippen LogP contribution is -2.07. The van der Waals surface area contributed by atoms with Crippen LogP contribution in [0.4, 0.5) is 0 Å². The molecule has 0 spiro atoms. The minimum Gasteiger partial charge on any atom is -0.381 e. The number of hydrogen-bond acceptors (Lipinski definition) is 2. The van der Waals surface area contributed by atoms with Crippen LogP contribution in [0, 0.1) is 0 Å². The van der Waals surface area contributed by atoms with Gasteiger partial charge in [0, 0.05) is 13.2 Å². The Morgan fingerprint density at radius 3 is 1.94 bits per heavy atom. The summed E-state index contributed by atoms with van der Waals surface area (Å²) in [6.45, 7) is 5.32. The number of ether oxygens (including phenoxy) is 1. The zero-order valence-corrected chi connectivity index (χ0v) is 11.4. The Morgan fingerprint density at radius 2 is 1.31 bits per heavy atom. The van der Waals surface area contributed by atoms with Gasteiger partial charge in [-0.2, -0.15) is 0 Å². The van der Waals surface area contributed by atoms with Gasteiger partial charge in [-0.05, 0) is 39.3 Å². The molecule has 0 fully saturated rings. The molecule has 0 unspecified atom stereocenters. The lowest BCUT2D eigenvalue weighted by Gasteiger charge is -2.04. The van der Waals surface area contributed by atoms with Crippen molar-refractivity contribution in [3.63, 3.8) is 0 Å². The number of rotatable bonds is 13. The van der Waals surface area contributed by atoms with E-state index in [1.54, 1.807) is 0 Å². The van der Waals surface area contributed by atoms with Crippen LogP contribution >= 0.6 is 0 Å². The highest BCUT2D eigenvalue weighted by Gasteiger charge is 1.92. The van der Waals surface area contributed by atoms with Crippen molar-refractivity contribution in [3.05, 3.63) is 0 Å². The van der Waals surface area contributed by atoms with Gasteiger partial charge in [0.2, 0.25) is 0 Å². The van der Waals surface area contributed by atoms with Crippen LogP contribution < -0.4 is 5.32 Å². The summed E-state index contributed by atoms with van der Waals surface area (Å²) in [6.07, 6.45) is 11.9. The largest absolute Gasteiger partial charge is 0.381 e. The van der Waals surface area contributed by atoms with E-state index in [9.17, 15) is 0 Å². The maximum Gasteiger partial charge on any atom is 0.0466 e. The second-order valence-electron chi connectivity index (χ2n) is 4.54. The fourth-order valence-corrected chi connectivity index (χ4v) is 1.77. The molecular formula is C14H31NO. The van der Waals surface area contributed by atoms with Gasteiger partial charge >= 0.3 is 0 Å². The van der Waals surface area contributed by atoms with Crippen LogP contribution in [0.2, 0.25) is 0 Å². The summed E-state index contributed by atoms with van der Waals surface area (Å²) in [5.41, 5.74) is 0. The first-order chi connectivity index (χ1) is 7.91. The van der Waals surface area contributed by atoms with E-state index < -0.39 is 0 Å². The quantitative estimate of drug-likeness (QED) is 0.486. The van der Waals surface area contributed by atoms with E-state index in [4.69, 9.17) is 4.74 Å². The van der Waals surface area contributed by atoms with Crippen LogP contribution in [0.5, 0.6) is 0 Å². The maximum atomic E-state index is 5.60. The molecule has 16 heavy (non-hydrogen) atoms. The van der Waals surface area contributed by atoms with Crippen molar-refractivity contribution < 1.29 is 4.74 Å². The van der Waals surface area contributed by atoms with E-state index in [2.05, 4.69) is 12.2 Å². The standard InChI is InChI=1S/C14H31NO/c1-3-4-5-6-7-10-13-16-14-11-8-9-12-15-2/h15H,3-14H2,1-2H3. The zero-order chi connectivity index (χ0) is 11.9. The molecule has 0 saturated carbocycles. The first-order valence-electron chi connectivity index (χ1n) is 7.14. The molecule has 1 N–H and O–H groups in total. The Morgan fingerprint density at radius 1 is 0.750 bits per heavy atom. The summed E-state index contributed by atoms with van der Waals surface area (Å²) in [6, 6.07) is 0. The number of nitrogens with one attached hydrogen (secondary N) is 1. The Balaban J connectivity index is 2.83. The highest BCUT2D eigenvalue weighted by molar-refractivity contribution is 4.45. The molecule has 0 amide bonds. The van der Waals surface area contributed by atoms with E-state index in [0.717, 1.165) is 19.8 Å². The fourth-order valence-electron chi connectivity index (χ4n) is 1.77. The van der Waals surface area contributed by atoms with Crippen molar-refractivity contribution >= 4 is 0 Å². The summed E-state index contributed by atoms with van der Waals surface area (Å²) in [4.78, 5) is 0. The molecule has 0 heterocycles. The second kappa shape index (κ2) is 14.9. The Kier molecular flexibility index (Phi) is 14.8. The summed E-state index contributed by atoms with van der Waals surface area (Å²) in [5, 5.41) is 3.16. The molecule has 0 aliphatic rings. The second-order valence-corrected chi connectivity index (χ2v) is 4.54. The molecule has 2 heteroatoms. The molecule has 0 bridgehead atoms. The Labute approximate surface area is 102 Å². The number of hydrogen-bond donors (Lipinski definition) is 1. The molecule has 0 saturated heterocycles. The predicted octanol–water partition coefficient (Wildman–Crippen LogP) is 3.75. The minimum atomic E-state index is 0.957. The molecule has 0 aromatic carbocycles. The number of unbranched alkanes of at least 4 members (excludes halogenated alkanes) is 7. The molecule has 0 atom stereocenters. The average molecular weight is 229 g/mol. The van der Waals surface area contributed by atoms with Crippen LogP contribution in [-0.2, 0) is 4.74 Å². The zero-order valence-electron chi connectivity index (χ0n) is 11.4. The lowest BCUT2D eigenvalue weighted by atomic mass is 10.1. The van der Waals surface area contributed by atoms with Crippen LogP contribution in [0.25, 0.3) is 0 Å². The first-order valence-corrected chi connectivity index (χ1v) is 7.14. The van der Waals surface area contributed by atoms with Gasteiger partial charge in [0.25, 0.3) is 0 Å². The molecule has 0 aliphatic heterocycles. The SMILES string of the molecule is CCCCCCCCOCCCCCNC. The third-order valence-electron chi connectivity index (χ3n) is 2.86. The molecule has 2 nitrogen and oxygen atoms in total. The van der Waals surface area contributed by atoms with Crippen molar-refractivity contribution in [2.24, 2.45) is 0 Å². The highest BCUT2D eigenvalue weighted by atomic mass is 16.5. The highest BCUT2D eigenvalue weighted by Crippen LogP contribution is 2.05. The molecule has 0 aliphatic carbocycles. The molecule has 0 aromatic heterocycles. The normalized spacial score (nSPS) is 10.9. The van der Waals surface area contributed by atoms with E-state index in [1.165, 1.54) is 57.8 Å². The van der Waals surface area contributed by atoms with Gasteiger partial charge < -0.3 is 10.1 Å². The summed E-state index contributed by atoms with van der Waals surface area (Å²) in [5.74, 6) is 0. The van der Waals surface area contributed by atoms with Gasteiger partial charge in [0.15, 0.2) is 0 Å². The van der Waals surface area contributed by atoms with Crippen molar-refractivity contribution in [2.45, 2.75) is 64.7 Å². The van der Waals surface area contributed by atoms with Gasteiger partial charge in [-0.1, -0.05) is 39.0 Å². The Bertz CT molecular complexity index is 103. The summed E-state index contributed by atoms with van der Waals surface area (Å²) in [7, 11) is 2.01. The summed E-state index contributed by atoms with van der Waals surface area (Å²) < 4.78 is 5.60. The fraction of sp³-hybridized carbons (Fsp3) is 1.00. The molecule has 98 valence electrons. The average Bonchev–Trinajstić information content (AvgIpc) is 2.31. The summed E-state index contributed by atoms with van der Waals surface area (Å²) >= 11 is 0. The van der Waals surface area contributed by atoms with Crippen molar-refractivity contribution in [3.8, 4) is 0 Å². The van der Waals surface area contributed by atoms with E-state index in [0.29, 0.717) is 0 Å². The lowest BCUT2D eigenvalue weighted by molar-refractivity contribution is 0.126. The molecular weight excluding hydrogens is 198 g/mol. The van der Waals surface area contributed by atoms with Crippen LogP contribution in [0.3, 0.4) is 0 Å². The monoisotopic (exact) mass is 229 g/mol. The van der Waals surface area contributed by atoms with Gasteiger partial charge in [0.1, 0.15) is 0 Å². The van der Waals surface area contributed by atoms with Crippen LogP contribution in [0.1, 0.15) is 64.7 Å². The topological polar surface area (TPSA) is 21.3 Å². The third kappa shape index (κ3) is 13.9. The Hall–Kier alpha value is -0.0800. The van der Waals surface area contributed by atoms with Crippen LogP contribution in [-0.4, -0.2) is 26.8 Å². The first kappa shape index (κ1) is 15.9. The third-order valence-corrected chi connectivity index (χ3v) is 2.86. The minimum absolute atomic E-state index is 0.957. The van der Waals surface area contributed by atoms with Crippen molar-refractivity contribution in [1.82, 2.24) is 5.32 Å². The van der Waals surface area contributed by atoms with Gasteiger partial charge in [-0.3, -0.25) is 0 Å². The van der Waals surface area contributed by atoms with Gasteiger partial charge in [-0.25, -0.2) is 0 Å².